The molecule has 3 aromatic carbocycles. The van der Waals surface area contributed by atoms with Gasteiger partial charge in [-0.2, -0.15) is 0 Å². The standard InChI is InChI=1S/C22H21FN2O2/c23-19-9-3-4-10-20(19)24-12-14-25(15-13-24)22(26)16-27-21-11-5-7-17-6-1-2-8-18(17)21/h1-11H,12-16H2. The van der Waals surface area contributed by atoms with E-state index in [0.29, 0.717) is 37.6 Å². The molecule has 0 atom stereocenters. The number of piperazine rings is 1. The van der Waals surface area contributed by atoms with Crippen LogP contribution >= 0.6 is 0 Å². The number of carbonyl (C=O) groups is 1. The highest BCUT2D eigenvalue weighted by Crippen LogP contribution is 2.25. The van der Waals surface area contributed by atoms with Crippen molar-refractivity contribution >= 4 is 22.4 Å². The van der Waals surface area contributed by atoms with E-state index in [1.165, 1.54) is 6.07 Å². The first-order valence-electron chi connectivity index (χ1n) is 9.10. The van der Waals surface area contributed by atoms with Crippen LogP contribution in [-0.4, -0.2) is 43.6 Å². The van der Waals surface area contributed by atoms with E-state index in [1.54, 1.807) is 17.0 Å². The molecule has 138 valence electrons. The summed E-state index contributed by atoms with van der Waals surface area (Å²) in [6, 6.07) is 20.5. The van der Waals surface area contributed by atoms with Gasteiger partial charge >= 0.3 is 0 Å². The van der Waals surface area contributed by atoms with Crippen LogP contribution in [-0.2, 0) is 4.79 Å². The minimum Gasteiger partial charge on any atom is -0.483 e. The molecular formula is C22H21FN2O2. The second kappa shape index (κ2) is 7.66. The summed E-state index contributed by atoms with van der Waals surface area (Å²) >= 11 is 0. The predicted octanol–water partition coefficient (Wildman–Crippen LogP) is 3.71. The minimum absolute atomic E-state index is 0.00764. The van der Waals surface area contributed by atoms with Gasteiger partial charge in [-0.3, -0.25) is 4.79 Å². The molecule has 1 amide bonds. The molecule has 0 N–H and O–H groups in total. The van der Waals surface area contributed by atoms with Crippen LogP contribution in [0, 0.1) is 5.82 Å². The summed E-state index contributed by atoms with van der Waals surface area (Å²) in [5.41, 5.74) is 0.594. The first-order valence-corrected chi connectivity index (χ1v) is 9.10. The Balaban J connectivity index is 1.35. The average Bonchev–Trinajstić information content (AvgIpc) is 2.72. The van der Waals surface area contributed by atoms with Crippen molar-refractivity contribution in [3.8, 4) is 5.75 Å². The van der Waals surface area contributed by atoms with Crippen molar-refractivity contribution in [1.82, 2.24) is 4.90 Å². The Morgan fingerprint density at radius 2 is 1.59 bits per heavy atom. The van der Waals surface area contributed by atoms with Crippen molar-refractivity contribution in [3.05, 3.63) is 72.5 Å². The van der Waals surface area contributed by atoms with Gasteiger partial charge in [-0.05, 0) is 23.6 Å². The second-order valence-electron chi connectivity index (χ2n) is 6.59. The summed E-state index contributed by atoms with van der Waals surface area (Å²) in [7, 11) is 0. The molecule has 1 heterocycles. The van der Waals surface area contributed by atoms with Gasteiger partial charge < -0.3 is 14.5 Å². The molecule has 1 aliphatic heterocycles. The van der Waals surface area contributed by atoms with Crippen molar-refractivity contribution in [2.75, 3.05) is 37.7 Å². The Kier molecular flexibility index (Phi) is 4.92. The van der Waals surface area contributed by atoms with Crippen LogP contribution in [0.1, 0.15) is 0 Å². The fourth-order valence-electron chi connectivity index (χ4n) is 3.46. The highest BCUT2D eigenvalue weighted by molar-refractivity contribution is 5.88. The number of fused-ring (bicyclic) bond motifs is 1. The van der Waals surface area contributed by atoms with E-state index in [0.717, 1.165) is 10.8 Å². The van der Waals surface area contributed by atoms with Crippen molar-refractivity contribution in [1.29, 1.82) is 0 Å². The quantitative estimate of drug-likeness (QED) is 0.708. The molecule has 0 bridgehead atoms. The maximum atomic E-state index is 13.9. The van der Waals surface area contributed by atoms with Crippen LogP contribution in [0.4, 0.5) is 10.1 Å². The maximum Gasteiger partial charge on any atom is 0.260 e. The van der Waals surface area contributed by atoms with Crippen LogP contribution in [0.3, 0.4) is 0 Å². The number of para-hydroxylation sites is 1. The molecule has 0 saturated carbocycles. The third kappa shape index (κ3) is 3.72. The van der Waals surface area contributed by atoms with Crippen LogP contribution in [0.2, 0.25) is 0 Å². The van der Waals surface area contributed by atoms with Gasteiger partial charge in [-0.15, -0.1) is 0 Å². The molecule has 3 aromatic rings. The van der Waals surface area contributed by atoms with E-state index in [4.69, 9.17) is 4.74 Å². The van der Waals surface area contributed by atoms with Crippen molar-refractivity contribution in [3.63, 3.8) is 0 Å². The number of hydrogen-bond acceptors (Lipinski definition) is 3. The molecule has 5 heteroatoms. The fraction of sp³-hybridized carbons (Fsp3) is 0.227. The molecule has 1 fully saturated rings. The Hall–Kier alpha value is -3.08. The normalized spacial score (nSPS) is 14.4. The van der Waals surface area contributed by atoms with Gasteiger partial charge in [0.25, 0.3) is 5.91 Å². The van der Waals surface area contributed by atoms with Gasteiger partial charge in [0.2, 0.25) is 0 Å². The van der Waals surface area contributed by atoms with Gasteiger partial charge in [0, 0.05) is 31.6 Å². The number of nitrogens with zero attached hydrogens (tertiary/aromatic N) is 2. The van der Waals surface area contributed by atoms with Crippen LogP contribution in [0.25, 0.3) is 10.8 Å². The zero-order valence-electron chi connectivity index (χ0n) is 15.0. The summed E-state index contributed by atoms with van der Waals surface area (Å²) in [6.45, 7) is 2.35. The fourth-order valence-corrected chi connectivity index (χ4v) is 3.46. The predicted molar refractivity (Wildman–Crippen MR) is 105 cm³/mol. The van der Waals surface area contributed by atoms with Crippen molar-refractivity contribution < 1.29 is 13.9 Å². The van der Waals surface area contributed by atoms with Gasteiger partial charge in [-0.25, -0.2) is 4.39 Å². The van der Waals surface area contributed by atoms with E-state index in [9.17, 15) is 9.18 Å². The summed E-state index contributed by atoms with van der Waals surface area (Å²) in [4.78, 5) is 16.3. The highest BCUT2D eigenvalue weighted by atomic mass is 19.1. The summed E-state index contributed by atoms with van der Waals surface area (Å²) in [5.74, 6) is 0.444. The van der Waals surface area contributed by atoms with E-state index in [2.05, 4.69) is 0 Å². The molecule has 0 aromatic heterocycles. The summed E-state index contributed by atoms with van der Waals surface area (Å²) < 4.78 is 19.7. The van der Waals surface area contributed by atoms with Crippen LogP contribution < -0.4 is 9.64 Å². The number of rotatable bonds is 4. The van der Waals surface area contributed by atoms with Gasteiger partial charge in [0.15, 0.2) is 6.61 Å². The number of halogens is 1. The van der Waals surface area contributed by atoms with E-state index in [1.807, 2.05) is 53.4 Å². The van der Waals surface area contributed by atoms with Crippen molar-refractivity contribution in [2.24, 2.45) is 0 Å². The van der Waals surface area contributed by atoms with Crippen LogP contribution in [0.5, 0.6) is 5.75 Å². The van der Waals surface area contributed by atoms with E-state index >= 15 is 0 Å². The largest absolute Gasteiger partial charge is 0.483 e. The molecule has 4 rings (SSSR count). The lowest BCUT2D eigenvalue weighted by molar-refractivity contribution is -0.133. The lowest BCUT2D eigenvalue weighted by Gasteiger charge is -2.36. The monoisotopic (exact) mass is 364 g/mol. The summed E-state index contributed by atoms with van der Waals surface area (Å²) in [5, 5.41) is 2.08. The number of carbonyl (C=O) groups excluding carboxylic acids is 1. The smallest absolute Gasteiger partial charge is 0.260 e. The molecular weight excluding hydrogens is 343 g/mol. The Bertz CT molecular complexity index is 946. The van der Waals surface area contributed by atoms with Gasteiger partial charge in [0.1, 0.15) is 11.6 Å². The molecule has 0 radical (unpaired) electrons. The summed E-state index contributed by atoms with van der Waals surface area (Å²) in [6.07, 6.45) is 0. The van der Waals surface area contributed by atoms with E-state index < -0.39 is 0 Å². The lowest BCUT2D eigenvalue weighted by atomic mass is 10.1. The Labute approximate surface area is 157 Å². The van der Waals surface area contributed by atoms with Crippen molar-refractivity contribution in [2.45, 2.75) is 0 Å². The van der Waals surface area contributed by atoms with E-state index in [-0.39, 0.29) is 18.3 Å². The molecule has 4 nitrogen and oxygen atoms in total. The third-order valence-corrected chi connectivity index (χ3v) is 4.93. The zero-order valence-corrected chi connectivity index (χ0v) is 15.0. The first kappa shape index (κ1) is 17.3. The number of ether oxygens (including phenoxy) is 1. The first-order chi connectivity index (χ1) is 13.2. The highest BCUT2D eigenvalue weighted by Gasteiger charge is 2.23. The third-order valence-electron chi connectivity index (χ3n) is 4.93. The van der Waals surface area contributed by atoms with Gasteiger partial charge in [0.05, 0.1) is 5.69 Å². The van der Waals surface area contributed by atoms with Crippen LogP contribution in [0.15, 0.2) is 66.7 Å². The molecule has 0 unspecified atom stereocenters. The SMILES string of the molecule is O=C(COc1cccc2ccccc12)N1CCN(c2ccccc2F)CC1. The number of hydrogen-bond donors (Lipinski definition) is 0. The molecule has 1 saturated heterocycles. The number of benzene rings is 3. The minimum atomic E-state index is -0.225. The average molecular weight is 364 g/mol. The maximum absolute atomic E-state index is 13.9. The molecule has 0 spiro atoms. The van der Waals surface area contributed by atoms with Gasteiger partial charge in [-0.1, -0.05) is 48.5 Å². The Morgan fingerprint density at radius 3 is 2.41 bits per heavy atom. The Morgan fingerprint density at radius 1 is 0.889 bits per heavy atom. The number of anilines is 1. The topological polar surface area (TPSA) is 32.8 Å². The lowest BCUT2D eigenvalue weighted by Crippen LogP contribution is -2.50. The number of amides is 1. The molecule has 27 heavy (non-hydrogen) atoms. The molecule has 0 aliphatic carbocycles. The molecule has 1 aliphatic rings. The second-order valence-corrected chi connectivity index (χ2v) is 6.59. The zero-order chi connectivity index (χ0) is 18.6.